The fourth-order valence-corrected chi connectivity index (χ4v) is 2.35. The minimum absolute atomic E-state index is 0. The smallest absolute Gasteiger partial charge is 0.237 e. The Morgan fingerprint density at radius 1 is 1.13 bits per heavy atom. The molecule has 0 saturated carbocycles. The molecular formula is C15H29ClN4O3. The average molecular weight is 349 g/mol. The Morgan fingerprint density at radius 2 is 1.65 bits per heavy atom. The predicted molar refractivity (Wildman–Crippen MR) is 91.1 cm³/mol. The maximum atomic E-state index is 12.1. The molecule has 0 radical (unpaired) electrons. The monoisotopic (exact) mass is 348 g/mol. The third-order valence-electron chi connectivity index (χ3n) is 4.28. The highest BCUT2D eigenvalue weighted by Gasteiger charge is 2.23. The Bertz CT molecular complexity index is 412. The molecule has 1 rings (SSSR count). The van der Waals surface area contributed by atoms with Crippen LogP contribution >= 0.6 is 12.4 Å². The summed E-state index contributed by atoms with van der Waals surface area (Å²) in [5, 5.41) is 2.72. The first kappa shape index (κ1) is 21.7. The number of carbonyl (C=O) groups excluding carboxylic acids is 3. The van der Waals surface area contributed by atoms with Crippen LogP contribution in [-0.4, -0.2) is 66.3 Å². The lowest BCUT2D eigenvalue weighted by atomic mass is 9.99. The number of nitrogens with two attached hydrogens (primary N) is 1. The summed E-state index contributed by atoms with van der Waals surface area (Å²) in [6, 6.07) is -0.529. The van der Waals surface area contributed by atoms with Gasteiger partial charge in [0, 0.05) is 46.1 Å². The van der Waals surface area contributed by atoms with E-state index in [0.29, 0.717) is 32.7 Å². The topological polar surface area (TPSA) is 95.7 Å². The van der Waals surface area contributed by atoms with Crippen LogP contribution in [0.5, 0.6) is 0 Å². The van der Waals surface area contributed by atoms with Gasteiger partial charge in [0.1, 0.15) is 0 Å². The molecule has 0 aromatic rings. The summed E-state index contributed by atoms with van der Waals surface area (Å²) in [5.74, 6) is -0.0436. The quantitative estimate of drug-likeness (QED) is 0.705. The average Bonchev–Trinajstić information content (AvgIpc) is 2.53. The number of rotatable bonds is 6. The second-order valence-corrected chi connectivity index (χ2v) is 5.84. The first-order valence-electron chi connectivity index (χ1n) is 7.93. The van der Waals surface area contributed by atoms with Crippen molar-refractivity contribution in [2.75, 3.05) is 32.7 Å². The van der Waals surface area contributed by atoms with Gasteiger partial charge in [0.05, 0.1) is 6.04 Å². The molecule has 7 nitrogen and oxygen atoms in total. The summed E-state index contributed by atoms with van der Waals surface area (Å²) in [4.78, 5) is 38.6. The van der Waals surface area contributed by atoms with E-state index in [1.807, 2.05) is 13.8 Å². The van der Waals surface area contributed by atoms with Crippen LogP contribution in [0.4, 0.5) is 0 Å². The Balaban J connectivity index is 0.00000484. The highest BCUT2D eigenvalue weighted by molar-refractivity contribution is 5.85. The lowest BCUT2D eigenvalue weighted by Crippen LogP contribution is -2.51. The Kier molecular flexibility index (Phi) is 9.83. The fraction of sp³-hybridized carbons (Fsp3) is 0.800. The number of nitrogens with one attached hydrogen (secondary N) is 1. The van der Waals surface area contributed by atoms with Gasteiger partial charge in [-0.05, 0) is 5.92 Å². The van der Waals surface area contributed by atoms with Gasteiger partial charge in [0.15, 0.2) is 0 Å². The Labute approximate surface area is 144 Å². The highest BCUT2D eigenvalue weighted by Crippen LogP contribution is 2.06. The van der Waals surface area contributed by atoms with Crippen molar-refractivity contribution in [2.45, 2.75) is 39.7 Å². The molecule has 0 aromatic heterocycles. The molecule has 0 spiro atoms. The Morgan fingerprint density at radius 3 is 2.13 bits per heavy atom. The lowest BCUT2D eigenvalue weighted by molar-refractivity contribution is -0.138. The maximum Gasteiger partial charge on any atom is 0.237 e. The van der Waals surface area contributed by atoms with Gasteiger partial charge in [-0.1, -0.05) is 20.3 Å². The molecule has 2 atom stereocenters. The highest BCUT2D eigenvalue weighted by atomic mass is 35.5. The first-order chi connectivity index (χ1) is 10.4. The Hall–Kier alpha value is -1.34. The molecule has 1 aliphatic heterocycles. The lowest BCUT2D eigenvalue weighted by Gasteiger charge is -2.34. The van der Waals surface area contributed by atoms with Gasteiger partial charge in [0.2, 0.25) is 17.7 Å². The fourth-order valence-electron chi connectivity index (χ4n) is 2.35. The third kappa shape index (κ3) is 6.74. The van der Waals surface area contributed by atoms with Gasteiger partial charge >= 0.3 is 0 Å². The minimum Gasteiger partial charge on any atom is -0.354 e. The van der Waals surface area contributed by atoms with E-state index in [9.17, 15) is 14.4 Å². The van der Waals surface area contributed by atoms with Gasteiger partial charge in [-0.3, -0.25) is 14.4 Å². The minimum atomic E-state index is -0.529. The number of piperazine rings is 1. The van der Waals surface area contributed by atoms with Crippen molar-refractivity contribution >= 4 is 30.1 Å². The normalized spacial score (nSPS) is 17.0. The van der Waals surface area contributed by atoms with Gasteiger partial charge in [-0.25, -0.2) is 0 Å². The van der Waals surface area contributed by atoms with Gasteiger partial charge in [0.25, 0.3) is 0 Å². The van der Waals surface area contributed by atoms with Crippen molar-refractivity contribution in [3.8, 4) is 0 Å². The van der Waals surface area contributed by atoms with E-state index in [1.165, 1.54) is 6.92 Å². The van der Waals surface area contributed by atoms with Crippen molar-refractivity contribution in [3.05, 3.63) is 0 Å². The molecule has 1 heterocycles. The molecule has 2 unspecified atom stereocenters. The molecule has 134 valence electrons. The molecule has 1 saturated heterocycles. The molecule has 0 bridgehead atoms. The second-order valence-electron chi connectivity index (χ2n) is 5.84. The van der Waals surface area contributed by atoms with Crippen molar-refractivity contribution in [1.29, 1.82) is 0 Å². The largest absolute Gasteiger partial charge is 0.354 e. The molecule has 23 heavy (non-hydrogen) atoms. The summed E-state index contributed by atoms with van der Waals surface area (Å²) in [5.41, 5.74) is 5.83. The van der Waals surface area contributed by atoms with Gasteiger partial charge < -0.3 is 20.9 Å². The SMILES string of the molecule is CCC(C)C(N)C(=O)NCCC(=O)N1CCN(C(C)=O)CC1.Cl. The van der Waals surface area contributed by atoms with Crippen LogP contribution in [0.1, 0.15) is 33.6 Å². The third-order valence-corrected chi connectivity index (χ3v) is 4.28. The van der Waals surface area contributed by atoms with Crippen molar-refractivity contribution in [3.63, 3.8) is 0 Å². The van der Waals surface area contributed by atoms with Crippen LogP contribution in [0.15, 0.2) is 0 Å². The maximum absolute atomic E-state index is 12.1. The van der Waals surface area contributed by atoms with Crippen LogP contribution in [0.3, 0.4) is 0 Å². The van der Waals surface area contributed by atoms with Crippen molar-refractivity contribution in [1.82, 2.24) is 15.1 Å². The second kappa shape index (κ2) is 10.4. The molecule has 0 aromatic carbocycles. The molecule has 1 aliphatic rings. The van der Waals surface area contributed by atoms with E-state index in [2.05, 4.69) is 5.32 Å². The zero-order valence-corrected chi connectivity index (χ0v) is 15.0. The van der Waals surface area contributed by atoms with Crippen LogP contribution in [0.2, 0.25) is 0 Å². The molecule has 3 N–H and O–H groups in total. The van der Waals surface area contributed by atoms with Crippen LogP contribution in [0, 0.1) is 5.92 Å². The molecule has 0 aliphatic carbocycles. The van der Waals surface area contributed by atoms with E-state index < -0.39 is 6.04 Å². The summed E-state index contributed by atoms with van der Waals surface area (Å²) in [6.07, 6.45) is 1.10. The number of hydrogen-bond donors (Lipinski definition) is 2. The number of halogens is 1. The van der Waals surface area contributed by atoms with Crippen LogP contribution < -0.4 is 11.1 Å². The zero-order valence-electron chi connectivity index (χ0n) is 14.2. The van der Waals surface area contributed by atoms with Gasteiger partial charge in [-0.2, -0.15) is 0 Å². The molecule has 8 heteroatoms. The first-order valence-corrected chi connectivity index (χ1v) is 7.93. The number of amides is 3. The standard InChI is InChI=1S/C15H28N4O3.ClH/c1-4-11(2)14(16)15(22)17-6-5-13(21)19-9-7-18(8-10-19)12(3)20;/h11,14H,4-10,16H2,1-3H3,(H,17,22);1H. The van der Waals surface area contributed by atoms with Gasteiger partial charge in [-0.15, -0.1) is 12.4 Å². The summed E-state index contributed by atoms with van der Waals surface area (Å²) >= 11 is 0. The van der Waals surface area contributed by atoms with E-state index in [-0.39, 0.29) is 42.5 Å². The predicted octanol–water partition coefficient (Wildman–Crippen LogP) is -0.0214. The van der Waals surface area contributed by atoms with E-state index >= 15 is 0 Å². The zero-order chi connectivity index (χ0) is 16.7. The van der Waals surface area contributed by atoms with Crippen molar-refractivity contribution < 1.29 is 14.4 Å². The summed E-state index contributed by atoms with van der Waals surface area (Å²) in [6.45, 7) is 8.02. The number of nitrogens with zero attached hydrogens (tertiary/aromatic N) is 2. The van der Waals surface area contributed by atoms with Crippen LogP contribution in [0.25, 0.3) is 0 Å². The molecule has 1 fully saturated rings. The molecule has 3 amide bonds. The van der Waals surface area contributed by atoms with E-state index in [1.54, 1.807) is 9.80 Å². The summed E-state index contributed by atoms with van der Waals surface area (Å²) in [7, 11) is 0. The van der Waals surface area contributed by atoms with Crippen molar-refractivity contribution in [2.24, 2.45) is 11.7 Å². The number of carbonyl (C=O) groups is 3. The van der Waals surface area contributed by atoms with E-state index in [4.69, 9.17) is 5.73 Å². The van der Waals surface area contributed by atoms with Crippen LogP contribution in [-0.2, 0) is 14.4 Å². The number of hydrogen-bond acceptors (Lipinski definition) is 4. The molecular weight excluding hydrogens is 320 g/mol. The van der Waals surface area contributed by atoms with E-state index in [0.717, 1.165) is 6.42 Å². The summed E-state index contributed by atoms with van der Waals surface area (Å²) < 4.78 is 0.